The number of amides is 3. The third kappa shape index (κ3) is 11.2. The van der Waals surface area contributed by atoms with Crippen LogP contribution in [0.15, 0.2) is 29.8 Å². The highest BCUT2D eigenvalue weighted by Crippen LogP contribution is 2.29. The molecule has 1 aromatic heterocycles. The molecule has 2 aromatic rings. The van der Waals surface area contributed by atoms with E-state index in [-0.39, 0.29) is 36.7 Å². The number of aromatic nitrogens is 1. The lowest BCUT2D eigenvalue weighted by Gasteiger charge is -2.35. The van der Waals surface area contributed by atoms with Gasteiger partial charge < -0.3 is 26.4 Å². The quantitative estimate of drug-likeness (QED) is 0.165. The Balaban J connectivity index is 1.53. The summed E-state index contributed by atoms with van der Waals surface area (Å²) in [6.07, 6.45) is 9.74. The van der Waals surface area contributed by atoms with E-state index in [9.17, 15) is 19.5 Å². The maximum atomic E-state index is 13.9. The molecular formula is C35H55N5O4S. The molecule has 5 N–H and O–H groups in total. The summed E-state index contributed by atoms with van der Waals surface area (Å²) < 4.78 is 0. The smallest absolute Gasteiger partial charge is 0.246 e. The maximum absolute atomic E-state index is 13.9. The molecule has 0 spiro atoms. The van der Waals surface area contributed by atoms with Crippen molar-refractivity contribution in [3.63, 3.8) is 0 Å². The fourth-order valence-corrected chi connectivity index (χ4v) is 6.73. The zero-order chi connectivity index (χ0) is 33.0. The Hall–Kier alpha value is -2.82. The van der Waals surface area contributed by atoms with Crippen LogP contribution in [0.4, 0.5) is 0 Å². The van der Waals surface area contributed by atoms with E-state index >= 15 is 0 Å². The van der Waals surface area contributed by atoms with Gasteiger partial charge in [0.05, 0.1) is 28.2 Å². The molecule has 9 nitrogen and oxygen atoms in total. The van der Waals surface area contributed by atoms with E-state index < -0.39 is 23.6 Å². The lowest BCUT2D eigenvalue weighted by molar-refractivity contribution is -0.144. The summed E-state index contributed by atoms with van der Waals surface area (Å²) in [5.74, 6) is -0.802. The van der Waals surface area contributed by atoms with Crippen molar-refractivity contribution in [2.24, 2.45) is 11.1 Å². The Morgan fingerprint density at radius 1 is 1.00 bits per heavy atom. The number of thiazole rings is 1. The summed E-state index contributed by atoms with van der Waals surface area (Å²) in [7, 11) is 0. The van der Waals surface area contributed by atoms with Crippen molar-refractivity contribution in [2.75, 3.05) is 13.1 Å². The number of aliphatic hydroxyl groups excluding tert-OH is 1. The lowest BCUT2D eigenvalue weighted by Crippen LogP contribution is -2.57. The van der Waals surface area contributed by atoms with Crippen LogP contribution in [0.1, 0.15) is 116 Å². The van der Waals surface area contributed by atoms with Crippen LogP contribution in [-0.4, -0.2) is 64.0 Å². The number of carbonyl (C=O) groups excluding carboxylic acids is 3. The summed E-state index contributed by atoms with van der Waals surface area (Å²) in [6.45, 7) is 10.4. The van der Waals surface area contributed by atoms with Gasteiger partial charge in [-0.3, -0.25) is 14.4 Å². The van der Waals surface area contributed by atoms with E-state index in [1.807, 2.05) is 64.4 Å². The van der Waals surface area contributed by atoms with Gasteiger partial charge in [-0.25, -0.2) is 4.98 Å². The van der Waals surface area contributed by atoms with Gasteiger partial charge in [0.25, 0.3) is 0 Å². The summed E-state index contributed by atoms with van der Waals surface area (Å²) in [5, 5.41) is 16.5. The van der Waals surface area contributed by atoms with Crippen LogP contribution in [0.25, 0.3) is 10.4 Å². The molecule has 0 bridgehead atoms. The number of unbranched alkanes of at least 4 members (excludes halogenated alkanes) is 8. The van der Waals surface area contributed by atoms with Crippen LogP contribution in [0.2, 0.25) is 0 Å². The largest absolute Gasteiger partial charge is 0.391 e. The molecule has 3 amide bonds. The monoisotopic (exact) mass is 641 g/mol. The molecule has 4 unspecified atom stereocenters. The summed E-state index contributed by atoms with van der Waals surface area (Å²) in [4.78, 5) is 47.2. The number of carbonyl (C=O) groups is 3. The molecule has 3 rings (SSSR count). The molecule has 1 aliphatic rings. The molecular weight excluding hydrogens is 586 g/mol. The first-order valence-electron chi connectivity index (χ1n) is 16.7. The molecule has 1 aliphatic heterocycles. The Labute approximate surface area is 273 Å². The first-order valence-corrected chi connectivity index (χ1v) is 17.6. The van der Waals surface area contributed by atoms with Gasteiger partial charge in [-0.1, -0.05) is 90.0 Å². The Bertz CT molecular complexity index is 1230. The zero-order valence-corrected chi connectivity index (χ0v) is 28.8. The van der Waals surface area contributed by atoms with E-state index in [0.29, 0.717) is 6.42 Å². The minimum atomic E-state index is -0.814. The third-order valence-electron chi connectivity index (χ3n) is 8.67. The fraction of sp³-hybridized carbons (Fsp3) is 0.657. The number of nitrogens with zero attached hydrogens (tertiary/aromatic N) is 2. The summed E-state index contributed by atoms with van der Waals surface area (Å²) >= 11 is 1.59. The van der Waals surface area contributed by atoms with Crippen LogP contribution in [0.5, 0.6) is 0 Å². The van der Waals surface area contributed by atoms with Gasteiger partial charge >= 0.3 is 0 Å². The lowest BCUT2D eigenvalue weighted by atomic mass is 9.85. The van der Waals surface area contributed by atoms with Crippen molar-refractivity contribution >= 4 is 29.1 Å². The minimum Gasteiger partial charge on any atom is -0.391 e. The number of aliphatic hydroxyl groups is 1. The minimum absolute atomic E-state index is 0.0584. The topological polar surface area (TPSA) is 138 Å². The molecule has 45 heavy (non-hydrogen) atoms. The molecule has 4 atom stereocenters. The first-order chi connectivity index (χ1) is 21.4. The normalized spacial score (nSPS) is 18.1. The predicted molar refractivity (Wildman–Crippen MR) is 182 cm³/mol. The number of benzene rings is 1. The van der Waals surface area contributed by atoms with Crippen molar-refractivity contribution in [1.82, 2.24) is 20.5 Å². The van der Waals surface area contributed by atoms with Crippen LogP contribution >= 0.6 is 11.3 Å². The van der Waals surface area contributed by atoms with Crippen LogP contribution in [0, 0.1) is 12.3 Å². The number of nitrogens with two attached hydrogens (primary N) is 1. The predicted octanol–water partition coefficient (Wildman–Crippen LogP) is 5.65. The average molecular weight is 642 g/mol. The van der Waals surface area contributed by atoms with Crippen LogP contribution in [0.3, 0.4) is 0 Å². The molecule has 1 aromatic carbocycles. The van der Waals surface area contributed by atoms with Crippen molar-refractivity contribution < 1.29 is 19.5 Å². The van der Waals surface area contributed by atoms with E-state index in [4.69, 9.17) is 5.73 Å². The van der Waals surface area contributed by atoms with Gasteiger partial charge in [-0.2, -0.15) is 0 Å². The van der Waals surface area contributed by atoms with Crippen molar-refractivity contribution in [3.8, 4) is 10.4 Å². The van der Waals surface area contributed by atoms with Crippen molar-refractivity contribution in [3.05, 3.63) is 41.0 Å². The van der Waals surface area contributed by atoms with Crippen molar-refractivity contribution in [1.29, 1.82) is 0 Å². The van der Waals surface area contributed by atoms with Crippen LogP contribution < -0.4 is 16.4 Å². The highest BCUT2D eigenvalue weighted by molar-refractivity contribution is 7.13. The Morgan fingerprint density at radius 3 is 2.16 bits per heavy atom. The average Bonchev–Trinajstić information content (AvgIpc) is 3.61. The van der Waals surface area contributed by atoms with Gasteiger partial charge in [0.2, 0.25) is 17.7 Å². The maximum Gasteiger partial charge on any atom is 0.246 e. The second kappa shape index (κ2) is 17.8. The zero-order valence-electron chi connectivity index (χ0n) is 27.9. The van der Waals surface area contributed by atoms with Gasteiger partial charge in [-0.05, 0) is 49.8 Å². The van der Waals surface area contributed by atoms with Gasteiger partial charge in [0.1, 0.15) is 12.1 Å². The number of aryl methyl sites for hydroxylation is 1. The molecule has 2 heterocycles. The van der Waals surface area contributed by atoms with E-state index in [1.54, 1.807) is 11.3 Å². The van der Waals surface area contributed by atoms with E-state index in [1.165, 1.54) is 37.0 Å². The molecule has 1 fully saturated rings. The highest BCUT2D eigenvalue weighted by Gasteiger charge is 2.44. The summed E-state index contributed by atoms with van der Waals surface area (Å²) in [6, 6.07) is 6.11. The number of rotatable bonds is 17. The second-order valence-electron chi connectivity index (χ2n) is 13.6. The molecule has 0 radical (unpaired) electrons. The standard InChI is InChI=1S/C35H55N5O4S/c1-24(26-16-18-27(19-17-26)31-25(2)37-23-45-31)38-33(43)29-21-28(41)22-40(29)34(44)32(35(3,4)5)39-30(42)15-13-11-9-7-6-8-10-12-14-20-36/h16-19,23-24,28-29,32,41H,6-15,20-22,36H2,1-5H3,(H,38,43)(H,39,42). The van der Waals surface area contributed by atoms with Gasteiger partial charge in [0.15, 0.2) is 0 Å². The Morgan fingerprint density at radius 2 is 1.60 bits per heavy atom. The number of hydrogen-bond acceptors (Lipinski definition) is 7. The van der Waals surface area contributed by atoms with E-state index in [0.717, 1.165) is 53.9 Å². The molecule has 0 aliphatic carbocycles. The number of β-amino-alcohol motifs (C(OH)–C–C–N with tert-alkyl or cyclic N) is 1. The van der Waals surface area contributed by atoms with Gasteiger partial charge in [-0.15, -0.1) is 11.3 Å². The second-order valence-corrected chi connectivity index (χ2v) is 14.5. The van der Waals surface area contributed by atoms with E-state index in [2.05, 4.69) is 15.6 Å². The third-order valence-corrected chi connectivity index (χ3v) is 9.65. The highest BCUT2D eigenvalue weighted by atomic mass is 32.1. The Kier molecular flexibility index (Phi) is 14.5. The summed E-state index contributed by atoms with van der Waals surface area (Å²) in [5.41, 5.74) is 9.80. The van der Waals surface area contributed by atoms with Gasteiger partial charge in [0, 0.05) is 19.4 Å². The molecule has 1 saturated heterocycles. The molecule has 250 valence electrons. The fourth-order valence-electron chi connectivity index (χ4n) is 5.92. The molecule has 0 saturated carbocycles. The number of likely N-dealkylation sites (tertiary alicyclic amines) is 1. The number of hydrogen-bond donors (Lipinski definition) is 4. The number of nitrogens with one attached hydrogen (secondary N) is 2. The van der Waals surface area contributed by atoms with Crippen LogP contribution in [-0.2, 0) is 14.4 Å². The van der Waals surface area contributed by atoms with Crippen molar-refractivity contribution in [2.45, 2.75) is 129 Å². The first kappa shape index (κ1) is 36.6. The SMILES string of the molecule is Cc1ncsc1-c1ccc(C(C)NC(=O)C2CC(O)CN2C(=O)C(NC(=O)CCCCCCCCCCCN)C(C)(C)C)cc1. The molecule has 10 heteroatoms.